The minimum atomic E-state index is 0.868. The van der Waals surface area contributed by atoms with Gasteiger partial charge in [-0.3, -0.25) is 0 Å². The summed E-state index contributed by atoms with van der Waals surface area (Å²) in [5.41, 5.74) is 3.53. The molecular formula is C11H19N3. The van der Waals surface area contributed by atoms with E-state index in [1.165, 1.54) is 5.56 Å². The molecular weight excluding hydrogens is 174 g/mol. The predicted molar refractivity (Wildman–Crippen MR) is 58.5 cm³/mol. The molecule has 3 heteroatoms. The van der Waals surface area contributed by atoms with Crippen LogP contribution in [-0.4, -0.2) is 23.1 Å². The Hall–Kier alpha value is -0.960. The molecule has 0 bridgehead atoms. The topological polar surface area (TPSA) is 37.8 Å². The van der Waals surface area contributed by atoms with Crippen molar-refractivity contribution in [2.75, 3.05) is 13.1 Å². The second kappa shape index (κ2) is 5.05. The number of nitrogens with zero attached hydrogens (tertiary/aromatic N) is 2. The Bertz CT molecular complexity index is 284. The number of nitrogens with one attached hydrogen (secondary N) is 1. The minimum absolute atomic E-state index is 0.868. The second-order valence-corrected chi connectivity index (χ2v) is 3.52. The summed E-state index contributed by atoms with van der Waals surface area (Å²) in [7, 11) is 0. The van der Waals surface area contributed by atoms with Crippen molar-refractivity contribution in [3.8, 4) is 0 Å². The predicted octanol–water partition coefficient (Wildman–Crippen LogP) is 1.55. The Morgan fingerprint density at radius 2 is 1.64 bits per heavy atom. The molecule has 0 aromatic carbocycles. The Kier molecular flexibility index (Phi) is 4.01. The largest absolute Gasteiger partial charge is 0.317 e. The van der Waals surface area contributed by atoms with Crippen LogP contribution in [0.3, 0.4) is 0 Å². The Morgan fingerprint density at radius 1 is 1.07 bits per heavy atom. The number of likely N-dealkylation sites (N-methyl/N-ethyl adjacent to an activating group) is 1. The minimum Gasteiger partial charge on any atom is -0.317 e. The fourth-order valence-electron chi connectivity index (χ4n) is 1.66. The van der Waals surface area contributed by atoms with E-state index in [0.717, 1.165) is 36.7 Å². The van der Waals surface area contributed by atoms with Crippen LogP contribution >= 0.6 is 0 Å². The zero-order valence-corrected chi connectivity index (χ0v) is 9.52. The average Bonchev–Trinajstić information content (AvgIpc) is 2.09. The molecule has 0 radical (unpaired) electrons. The molecule has 1 rings (SSSR count). The molecule has 0 aliphatic heterocycles. The van der Waals surface area contributed by atoms with Gasteiger partial charge in [0.05, 0.1) is 0 Å². The van der Waals surface area contributed by atoms with Gasteiger partial charge >= 0.3 is 0 Å². The molecule has 3 nitrogen and oxygen atoms in total. The number of rotatable bonds is 4. The van der Waals surface area contributed by atoms with Crippen LogP contribution in [-0.2, 0) is 6.42 Å². The first-order valence-corrected chi connectivity index (χ1v) is 5.16. The van der Waals surface area contributed by atoms with Gasteiger partial charge in [0.15, 0.2) is 0 Å². The highest BCUT2D eigenvalue weighted by atomic mass is 14.9. The van der Waals surface area contributed by atoms with Crippen LogP contribution in [0.5, 0.6) is 0 Å². The van der Waals surface area contributed by atoms with Crippen LogP contribution in [0.2, 0.25) is 0 Å². The monoisotopic (exact) mass is 193 g/mol. The molecule has 1 N–H and O–H groups in total. The highest BCUT2D eigenvalue weighted by molar-refractivity contribution is 5.24. The number of aromatic nitrogens is 2. The lowest BCUT2D eigenvalue weighted by Gasteiger charge is -2.09. The molecule has 1 aromatic heterocycles. The first kappa shape index (κ1) is 11.1. The lowest BCUT2D eigenvalue weighted by molar-refractivity contribution is 0.706. The second-order valence-electron chi connectivity index (χ2n) is 3.52. The molecule has 0 saturated heterocycles. The van der Waals surface area contributed by atoms with Gasteiger partial charge < -0.3 is 5.32 Å². The van der Waals surface area contributed by atoms with Crippen molar-refractivity contribution in [3.05, 3.63) is 22.8 Å². The van der Waals surface area contributed by atoms with E-state index in [1.54, 1.807) is 0 Å². The Morgan fingerprint density at radius 3 is 2.14 bits per heavy atom. The molecule has 1 aromatic rings. The number of aryl methyl sites for hydroxylation is 3. The maximum absolute atomic E-state index is 4.37. The van der Waals surface area contributed by atoms with Gasteiger partial charge in [0, 0.05) is 11.4 Å². The smallest absolute Gasteiger partial charge is 0.125 e. The molecule has 0 fully saturated rings. The number of hydrogen-bond acceptors (Lipinski definition) is 3. The van der Waals surface area contributed by atoms with Gasteiger partial charge in [-0.1, -0.05) is 6.92 Å². The average molecular weight is 193 g/mol. The summed E-state index contributed by atoms with van der Waals surface area (Å²) in [6.07, 6.45) is 1.02. The van der Waals surface area contributed by atoms with Gasteiger partial charge in [0.1, 0.15) is 5.82 Å². The third kappa shape index (κ3) is 2.77. The lowest BCUT2D eigenvalue weighted by atomic mass is 10.1. The SMILES string of the molecule is CCNCCc1c(C)nc(C)nc1C. The summed E-state index contributed by atoms with van der Waals surface area (Å²) in [6, 6.07) is 0. The van der Waals surface area contributed by atoms with Crippen LogP contribution in [0.1, 0.15) is 29.7 Å². The maximum Gasteiger partial charge on any atom is 0.125 e. The normalized spacial score (nSPS) is 10.6. The van der Waals surface area contributed by atoms with Crippen molar-refractivity contribution in [1.29, 1.82) is 0 Å². The zero-order valence-electron chi connectivity index (χ0n) is 9.52. The van der Waals surface area contributed by atoms with Crippen LogP contribution in [0.15, 0.2) is 0 Å². The molecule has 0 saturated carbocycles. The van der Waals surface area contributed by atoms with Crippen molar-refractivity contribution in [3.63, 3.8) is 0 Å². The van der Waals surface area contributed by atoms with Crippen LogP contribution in [0.25, 0.3) is 0 Å². The Labute approximate surface area is 86.0 Å². The fraction of sp³-hybridized carbons (Fsp3) is 0.636. The van der Waals surface area contributed by atoms with E-state index in [1.807, 2.05) is 6.92 Å². The number of hydrogen-bond donors (Lipinski definition) is 1. The van der Waals surface area contributed by atoms with Crippen LogP contribution in [0.4, 0.5) is 0 Å². The van der Waals surface area contributed by atoms with Crippen LogP contribution < -0.4 is 5.32 Å². The summed E-state index contributed by atoms with van der Waals surface area (Å²) >= 11 is 0. The highest BCUT2D eigenvalue weighted by Crippen LogP contribution is 2.09. The summed E-state index contributed by atoms with van der Waals surface area (Å²) in [5.74, 6) is 0.868. The quantitative estimate of drug-likeness (QED) is 0.737. The molecule has 0 unspecified atom stereocenters. The van der Waals surface area contributed by atoms with E-state index in [0.29, 0.717) is 0 Å². The molecule has 78 valence electrons. The molecule has 0 atom stereocenters. The third-order valence-electron chi connectivity index (χ3n) is 2.33. The van der Waals surface area contributed by atoms with E-state index >= 15 is 0 Å². The van der Waals surface area contributed by atoms with Gasteiger partial charge in [-0.25, -0.2) is 9.97 Å². The summed E-state index contributed by atoms with van der Waals surface area (Å²) in [5, 5.41) is 3.31. The van der Waals surface area contributed by atoms with E-state index in [-0.39, 0.29) is 0 Å². The summed E-state index contributed by atoms with van der Waals surface area (Å²) in [6.45, 7) is 10.2. The summed E-state index contributed by atoms with van der Waals surface area (Å²) in [4.78, 5) is 8.75. The van der Waals surface area contributed by atoms with Crippen molar-refractivity contribution >= 4 is 0 Å². The van der Waals surface area contributed by atoms with Crippen molar-refractivity contribution in [1.82, 2.24) is 15.3 Å². The first-order chi connectivity index (χ1) is 6.65. The van der Waals surface area contributed by atoms with Gasteiger partial charge in [-0.15, -0.1) is 0 Å². The van der Waals surface area contributed by atoms with Gasteiger partial charge in [-0.05, 0) is 45.8 Å². The lowest BCUT2D eigenvalue weighted by Crippen LogP contribution is -2.17. The molecule has 0 spiro atoms. The van der Waals surface area contributed by atoms with E-state index in [4.69, 9.17) is 0 Å². The van der Waals surface area contributed by atoms with Crippen molar-refractivity contribution in [2.24, 2.45) is 0 Å². The van der Waals surface area contributed by atoms with Gasteiger partial charge in [0.2, 0.25) is 0 Å². The van der Waals surface area contributed by atoms with Crippen molar-refractivity contribution < 1.29 is 0 Å². The van der Waals surface area contributed by atoms with Crippen LogP contribution in [0, 0.1) is 20.8 Å². The van der Waals surface area contributed by atoms with Crippen molar-refractivity contribution in [2.45, 2.75) is 34.1 Å². The maximum atomic E-state index is 4.37. The third-order valence-corrected chi connectivity index (χ3v) is 2.33. The van der Waals surface area contributed by atoms with Gasteiger partial charge in [-0.2, -0.15) is 0 Å². The first-order valence-electron chi connectivity index (χ1n) is 5.16. The molecule has 0 aliphatic carbocycles. The highest BCUT2D eigenvalue weighted by Gasteiger charge is 2.05. The molecule has 14 heavy (non-hydrogen) atoms. The molecule has 1 heterocycles. The fourth-order valence-corrected chi connectivity index (χ4v) is 1.66. The summed E-state index contributed by atoms with van der Waals surface area (Å²) < 4.78 is 0. The molecule has 0 amide bonds. The molecule has 0 aliphatic rings. The Balaban J connectivity index is 2.75. The zero-order chi connectivity index (χ0) is 10.6. The van der Waals surface area contributed by atoms with E-state index in [9.17, 15) is 0 Å². The van der Waals surface area contributed by atoms with Gasteiger partial charge in [0.25, 0.3) is 0 Å². The van der Waals surface area contributed by atoms with E-state index < -0.39 is 0 Å². The van der Waals surface area contributed by atoms with E-state index in [2.05, 4.69) is 36.1 Å². The standard InChI is InChI=1S/C11H19N3/c1-5-12-7-6-11-8(2)13-10(4)14-9(11)3/h12H,5-7H2,1-4H3.